The first kappa shape index (κ1) is 11.7. The van der Waals surface area contributed by atoms with E-state index >= 15 is 0 Å². The van der Waals surface area contributed by atoms with E-state index in [2.05, 4.69) is 12.2 Å². The van der Waals surface area contributed by atoms with E-state index in [1.54, 1.807) is 0 Å². The third-order valence-corrected chi connectivity index (χ3v) is 3.33. The van der Waals surface area contributed by atoms with Crippen molar-refractivity contribution in [3.63, 3.8) is 0 Å². The van der Waals surface area contributed by atoms with E-state index < -0.39 is 0 Å². The van der Waals surface area contributed by atoms with Crippen molar-refractivity contribution >= 4 is 17.5 Å². The summed E-state index contributed by atoms with van der Waals surface area (Å²) >= 11 is 0. The van der Waals surface area contributed by atoms with Crippen LogP contribution in [0.1, 0.15) is 17.0 Å². The van der Waals surface area contributed by atoms with E-state index in [-0.39, 0.29) is 5.92 Å². The Morgan fingerprint density at radius 1 is 0.947 bits per heavy atom. The third-order valence-electron chi connectivity index (χ3n) is 3.33. The van der Waals surface area contributed by atoms with Gasteiger partial charge in [-0.3, -0.25) is 0 Å². The largest absolute Gasteiger partial charge is 0.492 e. The maximum Gasteiger partial charge on any atom is 0.128 e. The molecular formula is C16H16N2O. The molecule has 0 spiro atoms. The van der Waals surface area contributed by atoms with Gasteiger partial charge in [0.05, 0.1) is 6.61 Å². The van der Waals surface area contributed by atoms with Gasteiger partial charge in [0.2, 0.25) is 0 Å². The van der Waals surface area contributed by atoms with Gasteiger partial charge in [0, 0.05) is 28.9 Å². The second kappa shape index (κ2) is 4.69. The number of ether oxygens (including phenoxy) is 1. The average molecular weight is 252 g/mol. The fourth-order valence-corrected chi connectivity index (χ4v) is 2.22. The zero-order chi connectivity index (χ0) is 13.2. The first-order valence-electron chi connectivity index (χ1n) is 6.28. The molecule has 96 valence electrons. The lowest BCUT2D eigenvalue weighted by atomic mass is 9.99. The summed E-state index contributed by atoms with van der Waals surface area (Å²) in [5.41, 5.74) is 15.2. The van der Waals surface area contributed by atoms with Crippen LogP contribution in [0.2, 0.25) is 0 Å². The summed E-state index contributed by atoms with van der Waals surface area (Å²) in [6.07, 6.45) is 4.25. The molecule has 1 unspecified atom stereocenters. The van der Waals surface area contributed by atoms with Crippen LogP contribution in [0, 0.1) is 0 Å². The number of nitrogens with two attached hydrogens (primary N) is 2. The zero-order valence-electron chi connectivity index (χ0n) is 10.5. The highest BCUT2D eigenvalue weighted by Gasteiger charge is 2.14. The summed E-state index contributed by atoms with van der Waals surface area (Å²) in [6, 6.07) is 13.6. The highest BCUT2D eigenvalue weighted by molar-refractivity contribution is 5.63. The highest BCUT2D eigenvalue weighted by atomic mass is 16.5. The summed E-state index contributed by atoms with van der Waals surface area (Å²) < 4.78 is 5.85. The Morgan fingerprint density at radius 3 is 2.47 bits per heavy atom. The molecule has 1 aliphatic heterocycles. The van der Waals surface area contributed by atoms with Crippen molar-refractivity contribution in [2.45, 2.75) is 5.92 Å². The minimum Gasteiger partial charge on any atom is -0.492 e. The maximum absolute atomic E-state index is 5.85. The smallest absolute Gasteiger partial charge is 0.128 e. The molecule has 0 radical (unpaired) electrons. The van der Waals surface area contributed by atoms with E-state index in [0.29, 0.717) is 6.61 Å². The van der Waals surface area contributed by atoms with Gasteiger partial charge in [-0.15, -0.1) is 0 Å². The van der Waals surface area contributed by atoms with E-state index in [0.717, 1.165) is 22.7 Å². The summed E-state index contributed by atoms with van der Waals surface area (Å²) in [5, 5.41) is 0. The minimum atomic E-state index is 0.231. The molecule has 19 heavy (non-hydrogen) atoms. The molecule has 0 saturated carbocycles. The van der Waals surface area contributed by atoms with Crippen LogP contribution < -0.4 is 16.2 Å². The Hall–Kier alpha value is -2.42. The molecule has 0 fully saturated rings. The molecule has 2 aromatic rings. The molecule has 2 aromatic carbocycles. The van der Waals surface area contributed by atoms with Crippen LogP contribution in [0.3, 0.4) is 0 Å². The Labute approximate surface area is 112 Å². The van der Waals surface area contributed by atoms with Crippen molar-refractivity contribution in [2.75, 3.05) is 18.1 Å². The molecule has 1 heterocycles. The fraction of sp³-hybridized carbons (Fsp3) is 0.125. The van der Waals surface area contributed by atoms with Gasteiger partial charge in [0.15, 0.2) is 0 Å². The molecule has 0 saturated heterocycles. The number of hydrogen-bond acceptors (Lipinski definition) is 3. The first-order valence-corrected chi connectivity index (χ1v) is 6.28. The van der Waals surface area contributed by atoms with Crippen molar-refractivity contribution in [1.29, 1.82) is 0 Å². The van der Waals surface area contributed by atoms with Crippen molar-refractivity contribution < 1.29 is 4.74 Å². The van der Waals surface area contributed by atoms with Crippen molar-refractivity contribution in [2.24, 2.45) is 0 Å². The van der Waals surface area contributed by atoms with E-state index in [4.69, 9.17) is 16.2 Å². The van der Waals surface area contributed by atoms with Crippen molar-refractivity contribution in [3.05, 3.63) is 59.7 Å². The standard InChI is InChI=1S/C16H16N2O/c17-14-6-3-11(4-7-14)13-2-1-12-5-8-15(18)9-16(12)19-10-13/h1-9,13H,10,17-18H2. The number of fused-ring (bicyclic) bond motifs is 1. The normalized spacial score (nSPS) is 17.4. The second-order valence-corrected chi connectivity index (χ2v) is 4.74. The van der Waals surface area contributed by atoms with Crippen LogP contribution in [0.5, 0.6) is 5.75 Å². The lowest BCUT2D eigenvalue weighted by molar-refractivity contribution is 0.308. The van der Waals surface area contributed by atoms with Crippen LogP contribution in [-0.4, -0.2) is 6.61 Å². The van der Waals surface area contributed by atoms with E-state index in [9.17, 15) is 0 Å². The van der Waals surface area contributed by atoms with Gasteiger partial charge < -0.3 is 16.2 Å². The van der Waals surface area contributed by atoms with Crippen LogP contribution in [0.25, 0.3) is 6.08 Å². The average Bonchev–Trinajstić information content (AvgIpc) is 2.62. The van der Waals surface area contributed by atoms with Crippen molar-refractivity contribution in [1.82, 2.24) is 0 Å². The van der Waals surface area contributed by atoms with Gasteiger partial charge in [-0.05, 0) is 29.8 Å². The number of hydrogen-bond donors (Lipinski definition) is 2. The Kier molecular flexibility index (Phi) is 2.88. The summed E-state index contributed by atoms with van der Waals surface area (Å²) in [6.45, 7) is 0.608. The SMILES string of the molecule is Nc1ccc(C2C=Cc3ccc(N)cc3OC2)cc1. The van der Waals surface area contributed by atoms with Gasteiger partial charge in [0.25, 0.3) is 0 Å². The van der Waals surface area contributed by atoms with Gasteiger partial charge in [0.1, 0.15) is 5.75 Å². The Morgan fingerprint density at radius 2 is 1.68 bits per heavy atom. The van der Waals surface area contributed by atoms with Gasteiger partial charge in [-0.25, -0.2) is 0 Å². The van der Waals surface area contributed by atoms with Crippen LogP contribution in [0.4, 0.5) is 11.4 Å². The molecule has 0 aliphatic carbocycles. The molecule has 1 aliphatic rings. The third kappa shape index (κ3) is 2.40. The fourth-order valence-electron chi connectivity index (χ4n) is 2.22. The number of benzene rings is 2. The van der Waals surface area contributed by atoms with Gasteiger partial charge in [-0.2, -0.15) is 0 Å². The highest BCUT2D eigenvalue weighted by Crippen LogP contribution is 2.30. The first-order chi connectivity index (χ1) is 9.22. The molecule has 3 rings (SSSR count). The van der Waals surface area contributed by atoms with Crippen LogP contribution in [-0.2, 0) is 0 Å². The van der Waals surface area contributed by atoms with Crippen LogP contribution >= 0.6 is 0 Å². The predicted molar refractivity (Wildman–Crippen MR) is 79.0 cm³/mol. The zero-order valence-corrected chi connectivity index (χ0v) is 10.5. The summed E-state index contributed by atoms with van der Waals surface area (Å²) in [5.74, 6) is 1.07. The quantitative estimate of drug-likeness (QED) is 0.767. The lowest BCUT2D eigenvalue weighted by Crippen LogP contribution is -2.07. The van der Waals surface area contributed by atoms with Gasteiger partial charge >= 0.3 is 0 Å². The number of nitrogen functional groups attached to an aromatic ring is 2. The molecule has 0 aromatic heterocycles. The molecular weight excluding hydrogens is 236 g/mol. The Bertz CT molecular complexity index is 617. The van der Waals surface area contributed by atoms with E-state index in [1.165, 1.54) is 5.56 Å². The molecule has 1 atom stereocenters. The maximum atomic E-state index is 5.85. The second-order valence-electron chi connectivity index (χ2n) is 4.74. The number of rotatable bonds is 1. The summed E-state index contributed by atoms with van der Waals surface area (Å²) in [7, 11) is 0. The minimum absolute atomic E-state index is 0.231. The van der Waals surface area contributed by atoms with Crippen LogP contribution in [0.15, 0.2) is 48.5 Å². The van der Waals surface area contributed by atoms with Crippen molar-refractivity contribution in [3.8, 4) is 5.75 Å². The summed E-state index contributed by atoms with van der Waals surface area (Å²) in [4.78, 5) is 0. The lowest BCUT2D eigenvalue weighted by Gasteiger charge is -2.13. The molecule has 4 N–H and O–H groups in total. The molecule has 3 heteroatoms. The molecule has 0 amide bonds. The Balaban J connectivity index is 1.88. The monoisotopic (exact) mass is 252 g/mol. The number of anilines is 2. The van der Waals surface area contributed by atoms with Gasteiger partial charge in [-0.1, -0.05) is 24.3 Å². The predicted octanol–water partition coefficient (Wildman–Crippen LogP) is 3.04. The topological polar surface area (TPSA) is 61.3 Å². The molecule has 3 nitrogen and oxygen atoms in total. The van der Waals surface area contributed by atoms with E-state index in [1.807, 2.05) is 42.5 Å². The molecule has 0 bridgehead atoms.